The molecular weight excluding hydrogens is 232 g/mol. The van der Waals surface area contributed by atoms with Crippen molar-refractivity contribution in [3.63, 3.8) is 0 Å². The van der Waals surface area contributed by atoms with E-state index in [1.54, 1.807) is 0 Å². The molecule has 1 saturated carbocycles. The second kappa shape index (κ2) is 7.64. The predicted molar refractivity (Wildman–Crippen MR) is 81.2 cm³/mol. The Bertz CT molecular complexity index is 350. The van der Waals surface area contributed by atoms with E-state index in [1.807, 2.05) is 0 Å². The topological polar surface area (TPSA) is 24.9 Å². The zero-order chi connectivity index (χ0) is 13.5. The number of aromatic nitrogens is 1. The van der Waals surface area contributed by atoms with Gasteiger partial charge >= 0.3 is 0 Å². The van der Waals surface area contributed by atoms with Crippen LogP contribution < -0.4 is 5.32 Å². The first-order valence-electron chi connectivity index (χ1n) is 7.97. The third-order valence-electron chi connectivity index (χ3n) is 4.28. The molecule has 0 radical (unpaired) electrons. The van der Waals surface area contributed by atoms with Gasteiger partial charge in [0.25, 0.3) is 0 Å². The molecule has 0 amide bonds. The second-order valence-electron chi connectivity index (χ2n) is 5.92. The molecule has 1 aliphatic rings. The molecule has 2 rings (SSSR count). The van der Waals surface area contributed by atoms with Gasteiger partial charge < -0.3 is 5.32 Å². The molecule has 1 fully saturated rings. The van der Waals surface area contributed by atoms with Crippen LogP contribution in [0.1, 0.15) is 69.2 Å². The SMILES string of the molecule is CCCNC(c1ccc(C)nc1)C1CCCCCC1. The maximum atomic E-state index is 4.49. The fourth-order valence-electron chi connectivity index (χ4n) is 3.16. The van der Waals surface area contributed by atoms with E-state index in [4.69, 9.17) is 0 Å². The third kappa shape index (κ3) is 4.31. The highest BCUT2D eigenvalue weighted by atomic mass is 14.9. The Labute approximate surface area is 118 Å². The summed E-state index contributed by atoms with van der Waals surface area (Å²) in [4.78, 5) is 4.49. The minimum atomic E-state index is 0.506. The van der Waals surface area contributed by atoms with Crippen molar-refractivity contribution in [3.8, 4) is 0 Å². The molecule has 0 saturated heterocycles. The highest BCUT2D eigenvalue weighted by Crippen LogP contribution is 2.33. The fraction of sp³-hybridized carbons (Fsp3) is 0.706. The molecule has 1 atom stereocenters. The van der Waals surface area contributed by atoms with Crippen molar-refractivity contribution in [3.05, 3.63) is 29.6 Å². The number of nitrogens with zero attached hydrogens (tertiary/aromatic N) is 1. The number of pyridine rings is 1. The highest BCUT2D eigenvalue weighted by Gasteiger charge is 2.23. The minimum Gasteiger partial charge on any atom is -0.310 e. The normalized spacial score (nSPS) is 19.1. The molecule has 0 bridgehead atoms. The molecule has 1 heterocycles. The van der Waals surface area contributed by atoms with Gasteiger partial charge in [-0.15, -0.1) is 0 Å². The van der Waals surface area contributed by atoms with Gasteiger partial charge in [-0.1, -0.05) is 38.7 Å². The van der Waals surface area contributed by atoms with Gasteiger partial charge in [-0.2, -0.15) is 0 Å². The summed E-state index contributed by atoms with van der Waals surface area (Å²) in [7, 11) is 0. The standard InChI is InChI=1S/C17H28N2/c1-3-12-18-17(15-8-6-4-5-7-9-15)16-11-10-14(2)19-13-16/h10-11,13,15,17-18H,3-9,12H2,1-2H3. The lowest BCUT2D eigenvalue weighted by Gasteiger charge is -2.27. The summed E-state index contributed by atoms with van der Waals surface area (Å²) < 4.78 is 0. The van der Waals surface area contributed by atoms with Gasteiger partial charge in [0.15, 0.2) is 0 Å². The van der Waals surface area contributed by atoms with Crippen LogP contribution in [0.25, 0.3) is 0 Å². The fourth-order valence-corrected chi connectivity index (χ4v) is 3.16. The first-order valence-corrected chi connectivity index (χ1v) is 7.97. The molecule has 2 nitrogen and oxygen atoms in total. The van der Waals surface area contributed by atoms with Crippen LogP contribution in [0.2, 0.25) is 0 Å². The molecule has 1 aromatic heterocycles. The van der Waals surface area contributed by atoms with E-state index < -0.39 is 0 Å². The lowest BCUT2D eigenvalue weighted by Crippen LogP contribution is -2.29. The van der Waals surface area contributed by atoms with Crippen molar-refractivity contribution >= 4 is 0 Å². The molecule has 1 aromatic rings. The van der Waals surface area contributed by atoms with Crippen molar-refractivity contribution in [1.29, 1.82) is 0 Å². The number of rotatable bonds is 5. The van der Waals surface area contributed by atoms with Crippen LogP contribution >= 0.6 is 0 Å². The second-order valence-corrected chi connectivity index (χ2v) is 5.92. The Morgan fingerprint density at radius 1 is 1.21 bits per heavy atom. The van der Waals surface area contributed by atoms with Crippen molar-refractivity contribution in [2.24, 2.45) is 5.92 Å². The smallest absolute Gasteiger partial charge is 0.0372 e. The molecule has 0 aliphatic heterocycles. The van der Waals surface area contributed by atoms with Gasteiger partial charge in [0, 0.05) is 17.9 Å². The van der Waals surface area contributed by atoms with Crippen LogP contribution in [0.5, 0.6) is 0 Å². The predicted octanol–water partition coefficient (Wildman–Crippen LogP) is 4.40. The van der Waals surface area contributed by atoms with E-state index in [9.17, 15) is 0 Å². The summed E-state index contributed by atoms with van der Waals surface area (Å²) in [6, 6.07) is 4.92. The van der Waals surface area contributed by atoms with Crippen molar-refractivity contribution in [2.75, 3.05) is 6.54 Å². The van der Waals surface area contributed by atoms with Gasteiger partial charge in [-0.25, -0.2) is 0 Å². The van der Waals surface area contributed by atoms with E-state index in [1.165, 1.54) is 50.5 Å². The third-order valence-corrected chi connectivity index (χ3v) is 4.28. The minimum absolute atomic E-state index is 0.506. The summed E-state index contributed by atoms with van der Waals surface area (Å²) in [6.45, 7) is 5.41. The van der Waals surface area contributed by atoms with Crippen LogP contribution in [-0.4, -0.2) is 11.5 Å². The zero-order valence-corrected chi connectivity index (χ0v) is 12.5. The first kappa shape index (κ1) is 14.5. The van der Waals surface area contributed by atoms with Crippen LogP contribution in [0.4, 0.5) is 0 Å². The Hall–Kier alpha value is -0.890. The monoisotopic (exact) mass is 260 g/mol. The summed E-state index contributed by atoms with van der Waals surface area (Å²) >= 11 is 0. The van der Waals surface area contributed by atoms with Gasteiger partial charge in [-0.05, 0) is 50.3 Å². The lowest BCUT2D eigenvalue weighted by molar-refractivity contribution is 0.325. The Morgan fingerprint density at radius 2 is 1.95 bits per heavy atom. The van der Waals surface area contributed by atoms with Gasteiger partial charge in [0.2, 0.25) is 0 Å². The molecular formula is C17H28N2. The van der Waals surface area contributed by atoms with E-state index in [0.29, 0.717) is 6.04 Å². The van der Waals surface area contributed by atoms with E-state index in [-0.39, 0.29) is 0 Å². The summed E-state index contributed by atoms with van der Waals surface area (Å²) in [5.74, 6) is 0.790. The Morgan fingerprint density at radius 3 is 2.53 bits per heavy atom. The lowest BCUT2D eigenvalue weighted by atomic mass is 9.87. The van der Waals surface area contributed by atoms with Crippen LogP contribution in [0.3, 0.4) is 0 Å². The van der Waals surface area contributed by atoms with Crippen molar-refractivity contribution < 1.29 is 0 Å². The zero-order valence-electron chi connectivity index (χ0n) is 12.5. The number of aryl methyl sites for hydroxylation is 1. The average molecular weight is 260 g/mol. The maximum Gasteiger partial charge on any atom is 0.0372 e. The Kier molecular flexibility index (Phi) is 5.84. The molecule has 0 aromatic carbocycles. The Balaban J connectivity index is 2.11. The van der Waals surface area contributed by atoms with Crippen LogP contribution in [-0.2, 0) is 0 Å². The molecule has 1 N–H and O–H groups in total. The van der Waals surface area contributed by atoms with Crippen LogP contribution in [0, 0.1) is 12.8 Å². The van der Waals surface area contributed by atoms with Gasteiger partial charge in [-0.3, -0.25) is 4.98 Å². The molecule has 2 heteroatoms. The highest BCUT2D eigenvalue weighted by molar-refractivity contribution is 5.18. The molecule has 106 valence electrons. The molecule has 19 heavy (non-hydrogen) atoms. The van der Waals surface area contributed by atoms with Crippen LogP contribution in [0.15, 0.2) is 18.3 Å². The van der Waals surface area contributed by atoms with Gasteiger partial charge in [0.1, 0.15) is 0 Å². The van der Waals surface area contributed by atoms with E-state index >= 15 is 0 Å². The maximum absolute atomic E-state index is 4.49. The summed E-state index contributed by atoms with van der Waals surface area (Å²) in [5, 5.41) is 3.76. The van der Waals surface area contributed by atoms with Crippen molar-refractivity contribution in [2.45, 2.75) is 64.8 Å². The first-order chi connectivity index (χ1) is 9.31. The number of hydrogen-bond donors (Lipinski definition) is 1. The number of nitrogens with one attached hydrogen (secondary N) is 1. The van der Waals surface area contributed by atoms with E-state index in [2.05, 4.69) is 42.5 Å². The molecule has 1 aliphatic carbocycles. The summed E-state index contributed by atoms with van der Waals surface area (Å²) in [6.07, 6.45) is 11.6. The average Bonchev–Trinajstić information content (AvgIpc) is 2.70. The quantitative estimate of drug-likeness (QED) is 0.794. The van der Waals surface area contributed by atoms with E-state index in [0.717, 1.165) is 18.2 Å². The largest absolute Gasteiger partial charge is 0.310 e. The molecule has 0 spiro atoms. The van der Waals surface area contributed by atoms with Crippen molar-refractivity contribution in [1.82, 2.24) is 10.3 Å². The van der Waals surface area contributed by atoms with Gasteiger partial charge in [0.05, 0.1) is 0 Å². The molecule has 1 unspecified atom stereocenters. The summed E-state index contributed by atoms with van der Waals surface area (Å²) in [5.41, 5.74) is 2.49. The number of hydrogen-bond acceptors (Lipinski definition) is 2.